The molecule has 0 unspecified atom stereocenters. The summed E-state index contributed by atoms with van der Waals surface area (Å²) in [4.78, 5) is 34.7. The second kappa shape index (κ2) is 20.4. The van der Waals surface area contributed by atoms with Gasteiger partial charge in [-0.3, -0.25) is 9.63 Å². The summed E-state index contributed by atoms with van der Waals surface area (Å²) >= 11 is 0. The van der Waals surface area contributed by atoms with Crippen LogP contribution in [0.4, 0.5) is 10.5 Å². The molecule has 20 nitrogen and oxygen atoms in total. The van der Waals surface area contributed by atoms with Crippen molar-refractivity contribution in [3.8, 4) is 28.6 Å². The molecule has 0 aliphatic carbocycles. The highest BCUT2D eigenvalue weighted by Gasteiger charge is 2.42. The molecule has 2 atom stereocenters. The van der Waals surface area contributed by atoms with E-state index in [9.17, 15) is 9.59 Å². The Morgan fingerprint density at radius 3 is 1.91 bits per heavy atom. The summed E-state index contributed by atoms with van der Waals surface area (Å²) in [5.74, 6) is 6.41. The number of tetrazole rings is 1. The Bertz CT molecular complexity index is 2720. The number of methoxy groups -OCH3 is 3. The van der Waals surface area contributed by atoms with Crippen LogP contribution in [0.3, 0.4) is 0 Å². The Balaban J connectivity index is 1.43. The molecule has 2 aliphatic rings. The molecule has 358 valence electrons. The van der Waals surface area contributed by atoms with Crippen molar-refractivity contribution in [2.75, 3.05) is 45.9 Å². The first kappa shape index (κ1) is 48.8. The quantitative estimate of drug-likeness (QED) is 0.122. The number of anilines is 1. The second-order valence-corrected chi connectivity index (χ2v) is 20.6. The zero-order valence-corrected chi connectivity index (χ0v) is 39.7. The predicted molar refractivity (Wildman–Crippen MR) is 245 cm³/mol. The number of nitrogens with two attached hydrogens (primary N) is 1. The van der Waals surface area contributed by atoms with E-state index < -0.39 is 59.6 Å². The maximum absolute atomic E-state index is 16.0. The van der Waals surface area contributed by atoms with Crippen LogP contribution in [0, 0.1) is 0 Å². The fourth-order valence-corrected chi connectivity index (χ4v) is 11.5. The van der Waals surface area contributed by atoms with E-state index >= 15 is 16.8 Å². The summed E-state index contributed by atoms with van der Waals surface area (Å²) in [5, 5.41) is 13.3. The lowest BCUT2D eigenvalue weighted by Crippen LogP contribution is -2.47. The predicted octanol–water partition coefficient (Wildman–Crippen LogP) is 4.48. The molecule has 0 bridgehead atoms. The summed E-state index contributed by atoms with van der Waals surface area (Å²) in [6.07, 6.45) is -0.797. The van der Waals surface area contributed by atoms with Crippen LogP contribution in [-0.4, -0.2) is 117 Å². The zero-order valence-electron chi connectivity index (χ0n) is 38.1. The lowest BCUT2D eigenvalue weighted by molar-refractivity contribution is -0.132. The van der Waals surface area contributed by atoms with Crippen molar-refractivity contribution in [2.45, 2.75) is 87.2 Å². The third-order valence-corrected chi connectivity index (χ3v) is 14.8. The number of carbonyl (C=O) groups is 2. The number of amides is 2. The van der Waals surface area contributed by atoms with Crippen LogP contribution in [0.25, 0.3) is 11.4 Å². The van der Waals surface area contributed by atoms with Gasteiger partial charge in [0.1, 0.15) is 32.6 Å². The summed E-state index contributed by atoms with van der Waals surface area (Å²) in [6.45, 7) is 5.00. The highest BCUT2D eigenvalue weighted by Crippen LogP contribution is 2.42. The molecular formula is C45H55N9O11S2. The maximum Gasteiger partial charge on any atom is 0.410 e. The number of likely N-dealkylation sites (tertiary alicyclic amines) is 1. The summed E-state index contributed by atoms with van der Waals surface area (Å²) in [7, 11) is -5.25. The van der Waals surface area contributed by atoms with Gasteiger partial charge < -0.3 is 28.7 Å². The molecule has 2 fully saturated rings. The molecule has 0 saturated carbocycles. The van der Waals surface area contributed by atoms with E-state index in [2.05, 4.69) is 20.1 Å². The van der Waals surface area contributed by atoms with Gasteiger partial charge in [0.25, 0.3) is 5.91 Å². The number of sulfonamides is 2. The van der Waals surface area contributed by atoms with Gasteiger partial charge in [-0.15, -0.1) is 10.2 Å². The van der Waals surface area contributed by atoms with E-state index in [1.54, 1.807) is 101 Å². The minimum Gasteiger partial charge on any atom is -0.497 e. The molecule has 3 heterocycles. The van der Waals surface area contributed by atoms with Gasteiger partial charge in [-0.1, -0.05) is 36.4 Å². The van der Waals surface area contributed by atoms with Gasteiger partial charge in [0, 0.05) is 38.8 Å². The monoisotopic (exact) mass is 961 g/mol. The van der Waals surface area contributed by atoms with Crippen molar-refractivity contribution in [2.24, 2.45) is 5.90 Å². The molecule has 1 aromatic heterocycles. The lowest BCUT2D eigenvalue weighted by atomic mass is 10.0. The van der Waals surface area contributed by atoms with Gasteiger partial charge >= 0.3 is 6.09 Å². The van der Waals surface area contributed by atoms with Crippen LogP contribution in [0.2, 0.25) is 0 Å². The number of nitrogens with one attached hydrogen (secondary N) is 1. The maximum atomic E-state index is 16.0. The standard InChI is InChI=1S/C45H55N9O11S2/c1-45(2,3)64-44(56)51-25-23-33(29-51)49-66(57,58)39-22-21-37(53-24-7-8-38(65-46)43(53)55)40(42-47-50-54(48-42)28-32-13-19-36(63-6)20-14-32)41(39)67(59,60)52(26-30-9-15-34(61-4)16-10-30)27-31-11-17-35(62-5)18-12-31/h9-22,33,38,49H,7-8,23-29,46H2,1-6H3/t33-,38-/m1/s1. The molecular weight excluding hydrogens is 907 g/mol. The molecule has 5 aromatic rings. The summed E-state index contributed by atoms with van der Waals surface area (Å²) in [5.41, 5.74) is 0.726. The number of carbonyl (C=O) groups excluding carboxylic acids is 2. The van der Waals surface area contributed by atoms with Crippen molar-refractivity contribution in [3.05, 3.63) is 102 Å². The summed E-state index contributed by atoms with van der Waals surface area (Å²) < 4.78 is 87.5. The summed E-state index contributed by atoms with van der Waals surface area (Å²) in [6, 6.07) is 22.3. The molecule has 2 amide bonds. The van der Waals surface area contributed by atoms with Crippen molar-refractivity contribution in [3.63, 3.8) is 0 Å². The van der Waals surface area contributed by atoms with E-state index in [-0.39, 0.29) is 69.2 Å². The van der Waals surface area contributed by atoms with Crippen LogP contribution in [0.15, 0.2) is 94.7 Å². The topological polar surface area (TPSA) is 240 Å². The normalized spacial score (nSPS) is 16.9. The zero-order chi connectivity index (χ0) is 48.1. The van der Waals surface area contributed by atoms with Gasteiger partial charge in [0.2, 0.25) is 25.9 Å². The molecule has 4 aromatic carbocycles. The number of piperidine rings is 1. The Morgan fingerprint density at radius 1 is 0.806 bits per heavy atom. The Labute approximate surface area is 389 Å². The van der Waals surface area contributed by atoms with Crippen molar-refractivity contribution in [1.82, 2.24) is 34.1 Å². The van der Waals surface area contributed by atoms with Gasteiger partial charge in [0.15, 0.2) is 6.10 Å². The highest BCUT2D eigenvalue weighted by molar-refractivity contribution is 7.92. The van der Waals surface area contributed by atoms with E-state index in [0.717, 1.165) is 15.9 Å². The van der Waals surface area contributed by atoms with E-state index in [0.29, 0.717) is 34.8 Å². The minimum atomic E-state index is -5.01. The second-order valence-electron chi connectivity index (χ2n) is 17.0. The Kier molecular flexibility index (Phi) is 14.8. The number of hydrogen-bond donors (Lipinski definition) is 2. The van der Waals surface area contributed by atoms with Crippen LogP contribution < -0.4 is 29.7 Å². The molecule has 2 aliphatic heterocycles. The van der Waals surface area contributed by atoms with Gasteiger partial charge in [0.05, 0.1) is 39.1 Å². The van der Waals surface area contributed by atoms with E-state index in [4.69, 9.17) is 29.7 Å². The van der Waals surface area contributed by atoms with Crippen molar-refractivity contribution in [1.29, 1.82) is 0 Å². The molecule has 2 saturated heterocycles. The van der Waals surface area contributed by atoms with Crippen LogP contribution >= 0.6 is 0 Å². The average Bonchev–Trinajstić information content (AvgIpc) is 3.98. The van der Waals surface area contributed by atoms with Gasteiger partial charge in [-0.25, -0.2) is 32.2 Å². The molecule has 67 heavy (non-hydrogen) atoms. The first-order valence-electron chi connectivity index (χ1n) is 21.4. The Hall–Kier alpha value is -6.17. The van der Waals surface area contributed by atoms with Gasteiger partial charge in [-0.2, -0.15) is 9.10 Å². The smallest absolute Gasteiger partial charge is 0.410 e. The first-order chi connectivity index (χ1) is 31.9. The number of hydrogen-bond acceptors (Lipinski definition) is 15. The molecule has 7 rings (SSSR count). The molecule has 0 spiro atoms. The number of ether oxygens (including phenoxy) is 4. The van der Waals surface area contributed by atoms with Crippen molar-refractivity contribution < 1.29 is 50.2 Å². The van der Waals surface area contributed by atoms with Crippen LogP contribution in [0.1, 0.15) is 56.7 Å². The lowest BCUT2D eigenvalue weighted by Gasteiger charge is -2.33. The average molecular weight is 962 g/mol. The third-order valence-electron chi connectivity index (χ3n) is 11.2. The fourth-order valence-electron chi connectivity index (χ4n) is 7.83. The largest absolute Gasteiger partial charge is 0.497 e. The fraction of sp³-hybridized carbons (Fsp3) is 0.400. The molecule has 22 heteroatoms. The highest BCUT2D eigenvalue weighted by atomic mass is 32.2. The van der Waals surface area contributed by atoms with Crippen LogP contribution in [-0.2, 0) is 54.0 Å². The third kappa shape index (κ3) is 11.3. The first-order valence-corrected chi connectivity index (χ1v) is 24.4. The van der Waals surface area contributed by atoms with Crippen molar-refractivity contribution >= 4 is 37.7 Å². The number of aromatic nitrogens is 4. The van der Waals surface area contributed by atoms with E-state index in [1.165, 1.54) is 34.9 Å². The van der Waals surface area contributed by atoms with Gasteiger partial charge in [-0.05, 0) is 110 Å². The molecule has 3 N–H and O–H groups in total. The number of nitrogens with zero attached hydrogens (tertiary/aromatic N) is 7. The van der Waals surface area contributed by atoms with Crippen LogP contribution in [0.5, 0.6) is 17.2 Å². The minimum absolute atomic E-state index is 0.0147. The molecule has 0 radical (unpaired) electrons. The SMILES string of the molecule is COc1ccc(CN(Cc2ccc(OC)cc2)S(=O)(=O)c2c(S(=O)(=O)N[C@@H]3CCN(C(=O)OC(C)(C)C)C3)ccc(N3CCC[C@@H](ON)C3=O)c2-c2nnn(Cc3ccc(OC)cc3)n2)cc1. The van der Waals surface area contributed by atoms with E-state index in [1.807, 2.05) is 0 Å². The Morgan fingerprint density at radius 2 is 1.37 bits per heavy atom. The number of rotatable bonds is 17. The number of benzene rings is 4.